The Labute approximate surface area is 193 Å². The second kappa shape index (κ2) is 9.16. The lowest BCUT2D eigenvalue weighted by Gasteiger charge is -2.33. The van der Waals surface area contributed by atoms with Gasteiger partial charge < -0.3 is 4.90 Å². The van der Waals surface area contributed by atoms with Crippen molar-refractivity contribution in [1.29, 1.82) is 0 Å². The number of amides is 1. The molecule has 7 nitrogen and oxygen atoms in total. The first kappa shape index (κ1) is 23.3. The fourth-order valence-corrected chi connectivity index (χ4v) is 5.20. The Bertz CT molecular complexity index is 1310. The number of rotatable bonds is 5. The molecule has 0 unspecified atom stereocenters. The molecule has 1 saturated heterocycles. The maximum Gasteiger partial charge on any atom is 0.257 e. The third-order valence-electron chi connectivity index (χ3n) is 5.31. The summed E-state index contributed by atoms with van der Waals surface area (Å²) in [4.78, 5) is 13.3. The minimum Gasteiger partial charge on any atom is -0.336 e. The Kier molecular flexibility index (Phi) is 6.46. The maximum absolute atomic E-state index is 14.0. The average Bonchev–Trinajstić information content (AvgIpc) is 3.27. The van der Waals surface area contributed by atoms with Crippen LogP contribution >= 0.6 is 11.6 Å². The smallest absolute Gasteiger partial charge is 0.257 e. The molecule has 2 heterocycles. The zero-order valence-electron chi connectivity index (χ0n) is 17.1. The highest BCUT2D eigenvalue weighted by Crippen LogP contribution is 2.24. The minimum atomic E-state index is -4.40. The number of piperazine rings is 1. The van der Waals surface area contributed by atoms with Crippen LogP contribution in [-0.2, 0) is 16.6 Å². The van der Waals surface area contributed by atoms with Crippen LogP contribution < -0.4 is 0 Å². The van der Waals surface area contributed by atoms with Crippen LogP contribution in [0.25, 0.3) is 0 Å². The maximum atomic E-state index is 14.0. The normalized spacial score (nSPS) is 15.1. The topological polar surface area (TPSA) is 75.5 Å². The number of carbonyl (C=O) groups is 1. The molecule has 4 rings (SSSR count). The van der Waals surface area contributed by atoms with Gasteiger partial charge in [-0.2, -0.15) is 9.40 Å². The molecule has 0 atom stereocenters. The molecule has 0 N–H and O–H groups in total. The highest BCUT2D eigenvalue weighted by atomic mass is 35.5. The molecule has 1 amide bonds. The van der Waals surface area contributed by atoms with E-state index < -0.39 is 32.4 Å². The van der Waals surface area contributed by atoms with E-state index in [4.69, 9.17) is 11.6 Å². The SMILES string of the molecule is O=C(c1cnn(Cc2ccccc2Cl)c1)N1CCN(S(=O)(=O)c2ccc(F)c(F)c2F)CC1. The van der Waals surface area contributed by atoms with Crippen molar-refractivity contribution in [2.24, 2.45) is 0 Å². The van der Waals surface area contributed by atoms with Crippen LogP contribution in [0, 0.1) is 17.5 Å². The van der Waals surface area contributed by atoms with E-state index in [0.717, 1.165) is 9.87 Å². The van der Waals surface area contributed by atoms with Crippen molar-refractivity contribution in [2.75, 3.05) is 26.2 Å². The molecule has 0 spiro atoms. The monoisotopic (exact) mass is 498 g/mol. The molecule has 1 aromatic heterocycles. The molecule has 0 radical (unpaired) electrons. The molecule has 0 bridgehead atoms. The lowest BCUT2D eigenvalue weighted by Crippen LogP contribution is -2.50. The van der Waals surface area contributed by atoms with Gasteiger partial charge >= 0.3 is 0 Å². The number of benzene rings is 2. The molecule has 0 aliphatic carbocycles. The lowest BCUT2D eigenvalue weighted by molar-refractivity contribution is 0.0697. The van der Waals surface area contributed by atoms with Gasteiger partial charge in [0.15, 0.2) is 17.5 Å². The second-order valence-electron chi connectivity index (χ2n) is 7.39. The van der Waals surface area contributed by atoms with Crippen LogP contribution in [0.4, 0.5) is 13.2 Å². The number of hydrogen-bond acceptors (Lipinski definition) is 4. The van der Waals surface area contributed by atoms with E-state index in [1.54, 1.807) is 16.9 Å². The number of carbonyl (C=O) groups excluding carboxylic acids is 1. The van der Waals surface area contributed by atoms with Gasteiger partial charge in [-0.05, 0) is 23.8 Å². The first-order chi connectivity index (χ1) is 15.7. The van der Waals surface area contributed by atoms with Gasteiger partial charge in [0.25, 0.3) is 5.91 Å². The van der Waals surface area contributed by atoms with Gasteiger partial charge in [0.05, 0.1) is 18.3 Å². The van der Waals surface area contributed by atoms with Crippen molar-refractivity contribution >= 4 is 27.5 Å². The van der Waals surface area contributed by atoms with Crippen LogP contribution in [0.15, 0.2) is 53.7 Å². The molecular weight excluding hydrogens is 481 g/mol. The Hall–Kier alpha value is -2.89. The van der Waals surface area contributed by atoms with E-state index in [1.165, 1.54) is 11.1 Å². The first-order valence-corrected chi connectivity index (χ1v) is 11.7. The van der Waals surface area contributed by atoms with Crippen LogP contribution in [0.1, 0.15) is 15.9 Å². The van der Waals surface area contributed by atoms with Gasteiger partial charge in [0, 0.05) is 37.4 Å². The fraction of sp³-hybridized carbons (Fsp3) is 0.238. The summed E-state index contributed by atoms with van der Waals surface area (Å²) in [6.07, 6.45) is 2.99. The molecule has 3 aromatic rings. The standard InChI is InChI=1S/C21H18ClF3N4O3S/c22-16-4-2-1-3-14(16)12-28-13-15(11-26-28)21(30)27-7-9-29(10-8-27)33(31,32)18-6-5-17(23)19(24)20(18)25/h1-6,11,13H,7-10,12H2. The van der Waals surface area contributed by atoms with Crippen molar-refractivity contribution in [3.8, 4) is 0 Å². The lowest BCUT2D eigenvalue weighted by atomic mass is 10.2. The van der Waals surface area contributed by atoms with Crippen molar-refractivity contribution < 1.29 is 26.4 Å². The molecular formula is C21H18ClF3N4O3S. The Balaban J connectivity index is 1.42. The Morgan fingerprint density at radius 1 is 1.00 bits per heavy atom. The Morgan fingerprint density at radius 2 is 1.70 bits per heavy atom. The number of nitrogens with zero attached hydrogens (tertiary/aromatic N) is 4. The molecule has 12 heteroatoms. The van der Waals surface area contributed by atoms with Gasteiger partial charge in [0.2, 0.25) is 10.0 Å². The number of sulfonamides is 1. The van der Waals surface area contributed by atoms with E-state index in [2.05, 4.69) is 5.10 Å². The summed E-state index contributed by atoms with van der Waals surface area (Å²) in [5, 5.41) is 4.76. The summed E-state index contributed by atoms with van der Waals surface area (Å²) >= 11 is 6.15. The first-order valence-electron chi connectivity index (χ1n) is 9.87. The Morgan fingerprint density at radius 3 is 2.39 bits per heavy atom. The fourth-order valence-electron chi connectivity index (χ4n) is 3.52. The number of aromatic nitrogens is 2. The zero-order valence-corrected chi connectivity index (χ0v) is 18.7. The summed E-state index contributed by atoms with van der Waals surface area (Å²) in [6.45, 7) is 0.206. The van der Waals surface area contributed by atoms with E-state index in [0.29, 0.717) is 29.3 Å². The molecule has 0 saturated carbocycles. The highest BCUT2D eigenvalue weighted by Gasteiger charge is 2.34. The summed E-state index contributed by atoms with van der Waals surface area (Å²) in [5.74, 6) is -5.42. The third-order valence-corrected chi connectivity index (χ3v) is 7.60. The van der Waals surface area contributed by atoms with Gasteiger partial charge in [-0.15, -0.1) is 0 Å². The van der Waals surface area contributed by atoms with E-state index in [1.807, 2.05) is 18.2 Å². The molecule has 1 fully saturated rings. The average molecular weight is 499 g/mol. The van der Waals surface area contributed by atoms with Crippen LogP contribution in [-0.4, -0.2) is 59.5 Å². The summed E-state index contributed by atoms with van der Waals surface area (Å²) < 4.78 is 68.6. The van der Waals surface area contributed by atoms with E-state index in [-0.39, 0.29) is 32.1 Å². The predicted molar refractivity (Wildman–Crippen MR) is 114 cm³/mol. The summed E-state index contributed by atoms with van der Waals surface area (Å²) in [7, 11) is -4.40. The summed E-state index contributed by atoms with van der Waals surface area (Å²) in [5.41, 5.74) is 1.16. The largest absolute Gasteiger partial charge is 0.336 e. The summed E-state index contributed by atoms with van der Waals surface area (Å²) in [6, 6.07) is 8.51. The van der Waals surface area contributed by atoms with Gasteiger partial charge in [-0.3, -0.25) is 9.48 Å². The van der Waals surface area contributed by atoms with E-state index >= 15 is 0 Å². The highest BCUT2D eigenvalue weighted by molar-refractivity contribution is 7.89. The quantitative estimate of drug-likeness (QED) is 0.506. The molecule has 1 aliphatic heterocycles. The van der Waals surface area contributed by atoms with Crippen molar-refractivity contribution in [2.45, 2.75) is 11.4 Å². The molecule has 1 aliphatic rings. The third kappa shape index (κ3) is 4.61. The van der Waals surface area contributed by atoms with Crippen molar-refractivity contribution in [1.82, 2.24) is 19.0 Å². The van der Waals surface area contributed by atoms with E-state index in [9.17, 15) is 26.4 Å². The van der Waals surface area contributed by atoms with Crippen LogP contribution in [0.5, 0.6) is 0 Å². The molecule has 33 heavy (non-hydrogen) atoms. The predicted octanol–water partition coefficient (Wildman–Crippen LogP) is 3.15. The van der Waals surface area contributed by atoms with Gasteiger partial charge in [-0.1, -0.05) is 29.8 Å². The van der Waals surface area contributed by atoms with Gasteiger partial charge in [0.1, 0.15) is 4.90 Å². The molecule has 2 aromatic carbocycles. The number of hydrogen-bond donors (Lipinski definition) is 0. The van der Waals surface area contributed by atoms with Crippen molar-refractivity contribution in [3.05, 3.63) is 82.4 Å². The minimum absolute atomic E-state index is 0.0407. The zero-order chi connectivity index (χ0) is 23.8. The second-order valence-corrected chi connectivity index (χ2v) is 9.70. The number of halogens is 4. The van der Waals surface area contributed by atoms with Gasteiger partial charge in [-0.25, -0.2) is 21.6 Å². The molecule has 174 valence electrons. The van der Waals surface area contributed by atoms with Crippen molar-refractivity contribution in [3.63, 3.8) is 0 Å². The van der Waals surface area contributed by atoms with Crippen LogP contribution in [0.2, 0.25) is 5.02 Å². The van der Waals surface area contributed by atoms with Crippen LogP contribution in [0.3, 0.4) is 0 Å².